The molecular formula is C11H10BrN3O2. The van der Waals surface area contributed by atoms with Crippen molar-refractivity contribution in [2.24, 2.45) is 5.16 Å². The maximum Gasteiger partial charge on any atom is 0.270 e. The number of aromatic nitrogens is 2. The van der Waals surface area contributed by atoms with Crippen molar-refractivity contribution in [1.82, 2.24) is 10.2 Å². The molecule has 0 N–H and O–H groups in total. The van der Waals surface area contributed by atoms with Gasteiger partial charge in [-0.05, 0) is 5.56 Å². The Morgan fingerprint density at radius 2 is 2.29 bits per heavy atom. The second kappa shape index (κ2) is 5.58. The van der Waals surface area contributed by atoms with Gasteiger partial charge in [-0.3, -0.25) is 0 Å². The second-order valence-electron chi connectivity index (χ2n) is 3.16. The van der Waals surface area contributed by atoms with E-state index in [1.165, 1.54) is 13.5 Å². The minimum Gasteiger partial charge on any atom is -0.422 e. The molecule has 0 unspecified atom stereocenters. The van der Waals surface area contributed by atoms with Crippen LogP contribution in [-0.4, -0.2) is 23.0 Å². The lowest BCUT2D eigenvalue weighted by atomic mass is 10.0. The van der Waals surface area contributed by atoms with Crippen molar-refractivity contribution in [3.8, 4) is 0 Å². The first-order chi connectivity index (χ1) is 8.36. The molecule has 0 atom stereocenters. The predicted octanol–water partition coefficient (Wildman–Crippen LogP) is 2.36. The molecule has 1 aromatic heterocycles. The van der Waals surface area contributed by atoms with Gasteiger partial charge in [0.15, 0.2) is 5.71 Å². The number of hydrogen-bond acceptors (Lipinski definition) is 5. The standard InChI is InChI=1S/C11H10BrN3O2/c1-16-15-10(11-14-13-7-17-11)9-5-3-2-4-8(9)6-12/h2-5,7H,6H2,1H3/b15-10-. The average molecular weight is 296 g/mol. The summed E-state index contributed by atoms with van der Waals surface area (Å²) in [6, 6.07) is 7.80. The summed E-state index contributed by atoms with van der Waals surface area (Å²) in [6.07, 6.45) is 1.26. The van der Waals surface area contributed by atoms with Crippen molar-refractivity contribution in [3.63, 3.8) is 0 Å². The molecule has 2 rings (SSSR count). The number of hydrogen-bond donors (Lipinski definition) is 0. The van der Waals surface area contributed by atoms with Gasteiger partial charge in [-0.25, -0.2) is 0 Å². The highest BCUT2D eigenvalue weighted by atomic mass is 79.9. The van der Waals surface area contributed by atoms with Crippen molar-refractivity contribution < 1.29 is 9.25 Å². The van der Waals surface area contributed by atoms with Crippen LogP contribution in [0.2, 0.25) is 0 Å². The number of halogens is 1. The van der Waals surface area contributed by atoms with Gasteiger partial charge in [-0.1, -0.05) is 45.4 Å². The molecule has 0 amide bonds. The molecule has 0 spiro atoms. The Balaban J connectivity index is 2.51. The largest absolute Gasteiger partial charge is 0.422 e. The Morgan fingerprint density at radius 3 is 2.94 bits per heavy atom. The molecule has 0 aliphatic rings. The van der Waals surface area contributed by atoms with Crippen LogP contribution in [0.1, 0.15) is 17.0 Å². The van der Waals surface area contributed by atoms with Gasteiger partial charge in [-0.15, -0.1) is 10.2 Å². The molecule has 2 aromatic rings. The molecule has 6 heteroatoms. The van der Waals surface area contributed by atoms with Crippen LogP contribution in [0.5, 0.6) is 0 Å². The van der Waals surface area contributed by atoms with Crippen LogP contribution in [0.3, 0.4) is 0 Å². The summed E-state index contributed by atoms with van der Waals surface area (Å²) in [5.41, 5.74) is 2.50. The van der Waals surface area contributed by atoms with Gasteiger partial charge in [0.2, 0.25) is 6.39 Å². The van der Waals surface area contributed by atoms with Crippen molar-refractivity contribution in [2.45, 2.75) is 5.33 Å². The molecule has 0 saturated heterocycles. The summed E-state index contributed by atoms with van der Waals surface area (Å²) in [5, 5.41) is 12.1. The summed E-state index contributed by atoms with van der Waals surface area (Å²) in [7, 11) is 1.48. The molecule has 5 nitrogen and oxygen atoms in total. The first-order valence-corrected chi connectivity index (χ1v) is 6.01. The summed E-state index contributed by atoms with van der Waals surface area (Å²) in [6.45, 7) is 0. The smallest absolute Gasteiger partial charge is 0.270 e. The van der Waals surface area contributed by atoms with E-state index in [9.17, 15) is 0 Å². The van der Waals surface area contributed by atoms with Crippen LogP contribution in [0.4, 0.5) is 0 Å². The second-order valence-corrected chi connectivity index (χ2v) is 3.72. The highest BCUT2D eigenvalue weighted by molar-refractivity contribution is 9.08. The number of alkyl halides is 1. The Kier molecular flexibility index (Phi) is 3.87. The lowest BCUT2D eigenvalue weighted by Gasteiger charge is -2.06. The predicted molar refractivity (Wildman–Crippen MR) is 66.0 cm³/mol. The zero-order chi connectivity index (χ0) is 12.1. The average Bonchev–Trinajstić information content (AvgIpc) is 2.89. The molecule has 0 radical (unpaired) electrons. The van der Waals surface area contributed by atoms with Crippen LogP contribution in [0.15, 0.2) is 40.2 Å². The molecule has 0 fully saturated rings. The van der Waals surface area contributed by atoms with Gasteiger partial charge >= 0.3 is 0 Å². The topological polar surface area (TPSA) is 60.5 Å². The van der Waals surface area contributed by atoms with E-state index in [-0.39, 0.29) is 0 Å². The van der Waals surface area contributed by atoms with E-state index < -0.39 is 0 Å². The van der Waals surface area contributed by atoms with E-state index in [0.717, 1.165) is 11.1 Å². The molecule has 0 bridgehead atoms. The molecule has 0 aliphatic heterocycles. The third-order valence-electron chi connectivity index (χ3n) is 2.16. The van der Waals surface area contributed by atoms with Gasteiger partial charge in [0.1, 0.15) is 7.11 Å². The minimum atomic E-state index is 0.334. The fourth-order valence-corrected chi connectivity index (χ4v) is 1.93. The Hall–Kier alpha value is -1.69. The van der Waals surface area contributed by atoms with E-state index in [4.69, 9.17) is 9.25 Å². The number of benzene rings is 1. The van der Waals surface area contributed by atoms with Crippen LogP contribution in [0.25, 0.3) is 0 Å². The number of nitrogens with zero attached hydrogens (tertiary/aromatic N) is 3. The van der Waals surface area contributed by atoms with Crippen LogP contribution in [0, 0.1) is 0 Å². The van der Waals surface area contributed by atoms with Gasteiger partial charge in [0.25, 0.3) is 5.89 Å². The van der Waals surface area contributed by atoms with Crippen LogP contribution < -0.4 is 0 Å². The monoisotopic (exact) mass is 295 g/mol. The summed E-state index contributed by atoms with van der Waals surface area (Å²) >= 11 is 3.43. The molecule has 0 aliphatic carbocycles. The van der Waals surface area contributed by atoms with Gasteiger partial charge in [0.05, 0.1) is 0 Å². The fraction of sp³-hybridized carbons (Fsp3) is 0.182. The van der Waals surface area contributed by atoms with E-state index in [0.29, 0.717) is 16.9 Å². The summed E-state index contributed by atoms with van der Waals surface area (Å²) in [4.78, 5) is 4.83. The van der Waals surface area contributed by atoms with E-state index >= 15 is 0 Å². The molecule has 1 heterocycles. The maximum atomic E-state index is 5.15. The molecule has 17 heavy (non-hydrogen) atoms. The third-order valence-corrected chi connectivity index (χ3v) is 2.77. The number of oxime groups is 1. The Morgan fingerprint density at radius 1 is 1.47 bits per heavy atom. The third kappa shape index (κ3) is 2.52. The van der Waals surface area contributed by atoms with Gasteiger partial charge in [-0.2, -0.15) is 0 Å². The number of rotatable bonds is 4. The molecular weight excluding hydrogens is 286 g/mol. The summed E-state index contributed by atoms with van der Waals surface area (Å²) < 4.78 is 5.15. The highest BCUT2D eigenvalue weighted by Crippen LogP contribution is 2.17. The van der Waals surface area contributed by atoms with E-state index in [1.54, 1.807) is 0 Å². The Labute approximate surface area is 107 Å². The quantitative estimate of drug-likeness (QED) is 0.493. The van der Waals surface area contributed by atoms with Gasteiger partial charge in [0, 0.05) is 10.9 Å². The summed E-state index contributed by atoms with van der Waals surface area (Å²) in [5.74, 6) is 0.334. The van der Waals surface area contributed by atoms with Crippen LogP contribution >= 0.6 is 15.9 Å². The molecule has 0 saturated carbocycles. The lowest BCUT2D eigenvalue weighted by Crippen LogP contribution is -2.07. The maximum absolute atomic E-state index is 5.15. The molecule has 88 valence electrons. The Bertz CT molecular complexity index is 511. The van der Waals surface area contributed by atoms with Crippen molar-refractivity contribution >= 4 is 21.6 Å². The zero-order valence-corrected chi connectivity index (χ0v) is 10.7. The van der Waals surface area contributed by atoms with Crippen molar-refractivity contribution in [2.75, 3.05) is 7.11 Å². The first kappa shape index (κ1) is 11.8. The minimum absolute atomic E-state index is 0.334. The van der Waals surface area contributed by atoms with E-state index in [2.05, 4.69) is 31.3 Å². The zero-order valence-electron chi connectivity index (χ0n) is 9.13. The SMILES string of the molecule is CO/N=C(\c1nnco1)c1ccccc1CBr. The van der Waals surface area contributed by atoms with E-state index in [1.807, 2.05) is 24.3 Å². The molecule has 1 aromatic carbocycles. The van der Waals surface area contributed by atoms with Gasteiger partial charge < -0.3 is 9.25 Å². The fourth-order valence-electron chi connectivity index (χ4n) is 1.44. The van der Waals surface area contributed by atoms with Crippen molar-refractivity contribution in [3.05, 3.63) is 47.7 Å². The van der Waals surface area contributed by atoms with Crippen LogP contribution in [-0.2, 0) is 10.2 Å². The lowest BCUT2D eigenvalue weighted by molar-refractivity contribution is 0.213. The normalized spacial score (nSPS) is 11.5. The van der Waals surface area contributed by atoms with Crippen molar-refractivity contribution in [1.29, 1.82) is 0 Å². The highest BCUT2D eigenvalue weighted by Gasteiger charge is 2.16. The first-order valence-electron chi connectivity index (χ1n) is 4.88.